The van der Waals surface area contributed by atoms with Crippen LogP contribution in [-0.2, 0) is 0 Å². The van der Waals surface area contributed by atoms with Crippen LogP contribution in [0.3, 0.4) is 0 Å². The van der Waals surface area contributed by atoms with Gasteiger partial charge in [-0.15, -0.1) is 0 Å². The summed E-state index contributed by atoms with van der Waals surface area (Å²) in [6, 6.07) is 0.801. The van der Waals surface area contributed by atoms with Crippen LogP contribution in [0.5, 0.6) is 5.88 Å². The predicted octanol–water partition coefficient (Wildman–Crippen LogP) is 1.02. The topological polar surface area (TPSA) is 79.4 Å². The SMILES string of the molecule is COc1cc(=O)c(C(=O)O)c(C(F)F)[nH]1. The molecule has 0 aliphatic carbocycles. The number of nitrogens with one attached hydrogen (secondary N) is 1. The number of aromatic nitrogens is 1. The molecule has 1 aromatic rings. The number of methoxy groups -OCH3 is 1. The highest BCUT2D eigenvalue weighted by Gasteiger charge is 2.22. The first-order valence-electron chi connectivity index (χ1n) is 3.80. The number of H-pyrrole nitrogens is 1. The standard InChI is InChI=1S/C8H7F2NO4/c1-15-4-2-3(12)5(8(13)14)6(11-4)7(9)10/h2,7H,1H3,(H,11,12)(H,13,14). The van der Waals surface area contributed by atoms with E-state index in [2.05, 4.69) is 4.74 Å². The third-order valence-electron chi connectivity index (χ3n) is 1.69. The normalized spacial score (nSPS) is 10.4. The first kappa shape index (κ1) is 11.2. The Morgan fingerprint density at radius 1 is 1.60 bits per heavy atom. The molecule has 0 bridgehead atoms. The number of carboxylic acid groups (broad SMARTS) is 1. The van der Waals surface area contributed by atoms with Crippen molar-refractivity contribution in [1.29, 1.82) is 0 Å². The Hall–Kier alpha value is -1.92. The summed E-state index contributed by atoms with van der Waals surface area (Å²) in [7, 11) is 1.17. The Balaban J connectivity index is 3.50. The Labute approximate surface area is 82.3 Å². The first-order chi connectivity index (χ1) is 6.97. The van der Waals surface area contributed by atoms with Crippen molar-refractivity contribution in [3.63, 3.8) is 0 Å². The first-order valence-corrected chi connectivity index (χ1v) is 3.80. The second-order valence-electron chi connectivity index (χ2n) is 2.60. The third-order valence-corrected chi connectivity index (χ3v) is 1.69. The molecule has 0 aromatic carbocycles. The van der Waals surface area contributed by atoms with Gasteiger partial charge in [0.15, 0.2) is 11.3 Å². The molecule has 0 radical (unpaired) electrons. The largest absolute Gasteiger partial charge is 0.482 e. The van der Waals surface area contributed by atoms with Crippen LogP contribution >= 0.6 is 0 Å². The molecule has 0 unspecified atom stereocenters. The molecule has 0 fully saturated rings. The molecule has 82 valence electrons. The van der Waals surface area contributed by atoms with E-state index in [1.54, 1.807) is 0 Å². The number of aromatic carboxylic acids is 1. The maximum atomic E-state index is 12.4. The molecule has 7 heteroatoms. The van der Waals surface area contributed by atoms with Gasteiger partial charge in [0.05, 0.1) is 7.11 Å². The summed E-state index contributed by atoms with van der Waals surface area (Å²) in [5, 5.41) is 8.56. The molecule has 1 heterocycles. The van der Waals surface area contributed by atoms with Crippen LogP contribution in [0.4, 0.5) is 8.78 Å². The third kappa shape index (κ3) is 2.12. The lowest BCUT2D eigenvalue weighted by atomic mass is 10.2. The van der Waals surface area contributed by atoms with Crippen LogP contribution in [0.2, 0.25) is 0 Å². The molecule has 0 aliphatic heterocycles. The molecular weight excluding hydrogens is 212 g/mol. The summed E-state index contributed by atoms with van der Waals surface area (Å²) >= 11 is 0. The van der Waals surface area contributed by atoms with Gasteiger partial charge >= 0.3 is 5.97 Å². The predicted molar refractivity (Wildman–Crippen MR) is 45.5 cm³/mol. The van der Waals surface area contributed by atoms with Gasteiger partial charge in [0.1, 0.15) is 11.3 Å². The van der Waals surface area contributed by atoms with Crippen molar-refractivity contribution in [2.75, 3.05) is 7.11 Å². The summed E-state index contributed by atoms with van der Waals surface area (Å²) in [6.07, 6.45) is -3.08. The van der Waals surface area contributed by atoms with Crippen LogP contribution in [0.15, 0.2) is 10.9 Å². The van der Waals surface area contributed by atoms with Gasteiger partial charge in [0.25, 0.3) is 6.43 Å². The van der Waals surface area contributed by atoms with Gasteiger partial charge in [0.2, 0.25) is 0 Å². The number of ether oxygens (including phenoxy) is 1. The van der Waals surface area contributed by atoms with Crippen LogP contribution in [0, 0.1) is 0 Å². The second kappa shape index (κ2) is 4.07. The summed E-state index contributed by atoms with van der Waals surface area (Å²) < 4.78 is 29.3. The van der Waals surface area contributed by atoms with E-state index in [0.29, 0.717) is 0 Å². The summed E-state index contributed by atoms with van der Waals surface area (Å²) in [6.45, 7) is 0. The molecule has 0 spiro atoms. The highest BCUT2D eigenvalue weighted by molar-refractivity contribution is 5.88. The lowest BCUT2D eigenvalue weighted by molar-refractivity contribution is 0.0680. The van der Waals surface area contributed by atoms with E-state index in [0.717, 1.165) is 6.07 Å². The Morgan fingerprint density at radius 3 is 2.60 bits per heavy atom. The molecule has 1 aromatic heterocycles. The molecule has 0 amide bonds. The van der Waals surface area contributed by atoms with Crippen LogP contribution < -0.4 is 10.2 Å². The van der Waals surface area contributed by atoms with Crippen LogP contribution in [0.1, 0.15) is 22.5 Å². The number of aromatic amines is 1. The molecule has 0 aliphatic rings. The van der Waals surface area contributed by atoms with Gasteiger partial charge < -0.3 is 14.8 Å². The smallest absolute Gasteiger partial charge is 0.341 e. The maximum Gasteiger partial charge on any atom is 0.341 e. The van der Waals surface area contributed by atoms with Gasteiger partial charge in [0, 0.05) is 6.07 Å². The summed E-state index contributed by atoms with van der Waals surface area (Å²) in [5.41, 5.74) is -2.94. The van der Waals surface area contributed by atoms with Crippen molar-refractivity contribution >= 4 is 5.97 Å². The van der Waals surface area contributed by atoms with Gasteiger partial charge in [-0.25, -0.2) is 13.6 Å². The van der Waals surface area contributed by atoms with E-state index in [9.17, 15) is 18.4 Å². The highest BCUT2D eigenvalue weighted by atomic mass is 19.3. The zero-order valence-electron chi connectivity index (χ0n) is 7.58. The molecule has 0 saturated heterocycles. The van der Waals surface area contributed by atoms with E-state index in [1.807, 2.05) is 4.98 Å². The molecule has 2 N–H and O–H groups in total. The van der Waals surface area contributed by atoms with E-state index in [1.165, 1.54) is 7.11 Å². The van der Waals surface area contributed by atoms with Crippen molar-refractivity contribution < 1.29 is 23.4 Å². The quantitative estimate of drug-likeness (QED) is 0.795. The van der Waals surface area contributed by atoms with Crippen molar-refractivity contribution in [2.24, 2.45) is 0 Å². The fourth-order valence-corrected chi connectivity index (χ4v) is 1.05. The number of carboxylic acids is 1. The number of halogens is 2. The fourth-order valence-electron chi connectivity index (χ4n) is 1.05. The summed E-state index contributed by atoms with van der Waals surface area (Å²) in [5.74, 6) is -1.91. The lowest BCUT2D eigenvalue weighted by Gasteiger charge is -2.07. The molecule has 0 saturated carbocycles. The zero-order chi connectivity index (χ0) is 11.6. The molecular formula is C8H7F2NO4. The minimum absolute atomic E-state index is 0.208. The van der Waals surface area contributed by atoms with Gasteiger partial charge in [-0.3, -0.25) is 4.79 Å². The van der Waals surface area contributed by atoms with Crippen molar-refractivity contribution in [2.45, 2.75) is 6.43 Å². The van der Waals surface area contributed by atoms with Crippen molar-refractivity contribution in [3.05, 3.63) is 27.5 Å². The Bertz CT molecular complexity index is 441. The van der Waals surface area contributed by atoms with Crippen molar-refractivity contribution in [1.82, 2.24) is 4.98 Å². The van der Waals surface area contributed by atoms with E-state index in [-0.39, 0.29) is 5.88 Å². The number of rotatable bonds is 3. The fraction of sp³-hybridized carbons (Fsp3) is 0.250. The molecule has 5 nitrogen and oxygen atoms in total. The number of alkyl halides is 2. The number of pyridine rings is 1. The summed E-state index contributed by atoms with van der Waals surface area (Å²) in [4.78, 5) is 23.7. The molecule has 0 atom stereocenters. The minimum Gasteiger partial charge on any atom is -0.482 e. The second-order valence-corrected chi connectivity index (χ2v) is 2.60. The van der Waals surface area contributed by atoms with Crippen LogP contribution in [-0.4, -0.2) is 23.2 Å². The van der Waals surface area contributed by atoms with Gasteiger partial charge in [-0.05, 0) is 0 Å². The average Bonchev–Trinajstić information content (AvgIpc) is 2.15. The Kier molecular flexibility index (Phi) is 3.03. The molecule has 15 heavy (non-hydrogen) atoms. The lowest BCUT2D eigenvalue weighted by Crippen LogP contribution is -2.19. The van der Waals surface area contributed by atoms with Gasteiger partial charge in [-0.2, -0.15) is 0 Å². The highest BCUT2D eigenvalue weighted by Crippen LogP contribution is 2.20. The maximum absolute atomic E-state index is 12.4. The van der Waals surface area contributed by atoms with Gasteiger partial charge in [-0.1, -0.05) is 0 Å². The molecule has 1 rings (SSSR count). The zero-order valence-corrected chi connectivity index (χ0v) is 7.58. The van der Waals surface area contributed by atoms with E-state index in [4.69, 9.17) is 5.11 Å². The van der Waals surface area contributed by atoms with Crippen LogP contribution in [0.25, 0.3) is 0 Å². The monoisotopic (exact) mass is 219 g/mol. The van der Waals surface area contributed by atoms with Crippen molar-refractivity contribution in [3.8, 4) is 5.88 Å². The number of carbonyl (C=O) groups is 1. The Morgan fingerprint density at radius 2 is 2.20 bits per heavy atom. The average molecular weight is 219 g/mol. The van der Waals surface area contributed by atoms with E-state index >= 15 is 0 Å². The minimum atomic E-state index is -3.08. The van der Waals surface area contributed by atoms with E-state index < -0.39 is 29.1 Å². The number of hydrogen-bond acceptors (Lipinski definition) is 3. The number of hydrogen-bond donors (Lipinski definition) is 2.